The first kappa shape index (κ1) is 18.2. The highest BCUT2D eigenvalue weighted by molar-refractivity contribution is 8.26. The Bertz CT molecular complexity index is 955. The van der Waals surface area contributed by atoms with Gasteiger partial charge >= 0.3 is 0 Å². The number of aliphatic hydroxyl groups excluding tert-OH is 1. The molecule has 2 N–H and O–H groups in total. The highest BCUT2D eigenvalue weighted by Gasteiger charge is 2.39. The lowest BCUT2D eigenvalue weighted by atomic mass is 9.84. The third-order valence-corrected chi connectivity index (χ3v) is 8.41. The third kappa shape index (κ3) is 2.84. The first-order valence-corrected chi connectivity index (χ1v) is 11.0. The molecule has 4 nitrogen and oxygen atoms in total. The van der Waals surface area contributed by atoms with E-state index in [9.17, 15) is 9.90 Å². The normalized spacial score (nSPS) is 19.0. The van der Waals surface area contributed by atoms with Gasteiger partial charge in [0.15, 0.2) is 0 Å². The average molecular weight is 423 g/mol. The molecule has 8 heteroatoms. The van der Waals surface area contributed by atoms with Gasteiger partial charge in [0, 0.05) is 28.8 Å². The van der Waals surface area contributed by atoms with E-state index in [4.69, 9.17) is 12.2 Å². The van der Waals surface area contributed by atoms with Gasteiger partial charge in [-0.1, -0.05) is 37.8 Å². The lowest BCUT2D eigenvalue weighted by molar-refractivity contribution is -0.115. The van der Waals surface area contributed by atoms with E-state index in [1.807, 2.05) is 13.1 Å². The van der Waals surface area contributed by atoms with Crippen molar-refractivity contribution >= 4 is 68.0 Å². The van der Waals surface area contributed by atoms with Crippen molar-refractivity contribution in [1.82, 2.24) is 5.32 Å². The topological polar surface area (TPSA) is 52.6 Å². The van der Waals surface area contributed by atoms with E-state index >= 15 is 0 Å². The van der Waals surface area contributed by atoms with Gasteiger partial charge in [0.25, 0.3) is 5.91 Å². The molecule has 0 atom stereocenters. The summed E-state index contributed by atoms with van der Waals surface area (Å²) in [7, 11) is 2.01. The van der Waals surface area contributed by atoms with Gasteiger partial charge in [-0.3, -0.25) is 4.79 Å². The molecule has 0 saturated carbocycles. The maximum Gasteiger partial charge on any atom is 0.263 e. The highest BCUT2D eigenvalue weighted by atomic mass is 32.2. The van der Waals surface area contributed by atoms with Crippen LogP contribution in [0.3, 0.4) is 0 Å². The first-order chi connectivity index (χ1) is 12.3. The number of nitrogens with one attached hydrogen (secondary N) is 1. The van der Waals surface area contributed by atoms with Crippen LogP contribution in [-0.4, -0.2) is 35.5 Å². The van der Waals surface area contributed by atoms with Crippen LogP contribution in [0.25, 0.3) is 15.8 Å². The maximum atomic E-state index is 11.9. The Labute approximate surface area is 169 Å². The van der Waals surface area contributed by atoms with Crippen LogP contribution in [0, 0.1) is 0 Å². The zero-order valence-corrected chi connectivity index (χ0v) is 17.8. The highest BCUT2D eigenvalue weighted by Crippen LogP contribution is 2.57. The number of nitrogens with zero attached hydrogens (tertiary/aromatic N) is 1. The number of thiocarbonyl (C=S) groups is 1. The number of aliphatic hydroxyl groups is 1. The van der Waals surface area contributed by atoms with Crippen LogP contribution in [0.2, 0.25) is 0 Å². The molecule has 2 aliphatic rings. The van der Waals surface area contributed by atoms with E-state index in [0.717, 1.165) is 4.88 Å². The van der Waals surface area contributed by atoms with Crippen LogP contribution in [-0.2, 0) is 10.2 Å². The smallest absolute Gasteiger partial charge is 0.263 e. The van der Waals surface area contributed by atoms with Crippen molar-refractivity contribution in [2.45, 2.75) is 19.3 Å². The molecule has 26 heavy (non-hydrogen) atoms. The third-order valence-electron chi connectivity index (χ3n) is 4.75. The molecule has 1 saturated heterocycles. The molecular formula is C18H18N2O2S4. The Morgan fingerprint density at radius 3 is 2.62 bits per heavy atom. The van der Waals surface area contributed by atoms with Crippen molar-refractivity contribution in [3.05, 3.63) is 33.0 Å². The monoisotopic (exact) mass is 422 g/mol. The molecule has 1 aliphatic carbocycles. The summed E-state index contributed by atoms with van der Waals surface area (Å²) in [5.74, 6) is -0.113. The van der Waals surface area contributed by atoms with Gasteiger partial charge in [-0.05, 0) is 29.3 Å². The van der Waals surface area contributed by atoms with Gasteiger partial charge in [-0.15, -0.1) is 22.7 Å². The summed E-state index contributed by atoms with van der Waals surface area (Å²) in [4.78, 5) is 18.3. The Morgan fingerprint density at radius 1 is 1.27 bits per heavy atom. The predicted octanol–water partition coefficient (Wildman–Crippen LogP) is 4.03. The lowest BCUT2D eigenvalue weighted by Crippen LogP contribution is -2.20. The van der Waals surface area contributed by atoms with Crippen LogP contribution >= 0.6 is 46.7 Å². The minimum atomic E-state index is -0.113. The van der Waals surface area contributed by atoms with Gasteiger partial charge in [-0.25, -0.2) is 0 Å². The molecule has 0 radical (unpaired) electrons. The second kappa shape index (κ2) is 6.45. The molecule has 0 unspecified atom stereocenters. The number of fused-ring (bicyclic) bond motifs is 3. The number of carbonyl (C=O) groups is 1. The molecule has 2 aromatic heterocycles. The van der Waals surface area contributed by atoms with Gasteiger partial charge in [0.1, 0.15) is 4.32 Å². The Kier molecular flexibility index (Phi) is 4.51. The van der Waals surface area contributed by atoms with Crippen molar-refractivity contribution in [1.29, 1.82) is 0 Å². The maximum absolute atomic E-state index is 11.9. The molecule has 1 amide bonds. The zero-order valence-electron chi connectivity index (χ0n) is 14.6. The first-order valence-electron chi connectivity index (χ1n) is 8.17. The van der Waals surface area contributed by atoms with E-state index in [0.29, 0.717) is 15.8 Å². The molecule has 0 aromatic carbocycles. The molecule has 3 heterocycles. The fourth-order valence-corrected chi connectivity index (χ4v) is 7.10. The van der Waals surface area contributed by atoms with Crippen molar-refractivity contribution in [2.24, 2.45) is 0 Å². The SMILES string of the molecule is CN(CCO)c1cc2c(s1)-c1sc(/C=C3\SC(=S)NC3=O)cc1C2(C)C. The van der Waals surface area contributed by atoms with Crippen LogP contribution < -0.4 is 10.2 Å². The van der Waals surface area contributed by atoms with Crippen molar-refractivity contribution < 1.29 is 9.90 Å². The van der Waals surface area contributed by atoms with E-state index in [2.05, 4.69) is 36.2 Å². The van der Waals surface area contributed by atoms with Crippen molar-refractivity contribution in [3.8, 4) is 9.75 Å². The molecule has 0 spiro atoms. The van der Waals surface area contributed by atoms with Gasteiger partial charge < -0.3 is 15.3 Å². The number of amides is 1. The fourth-order valence-electron chi connectivity index (χ4n) is 3.27. The molecule has 1 aliphatic heterocycles. The van der Waals surface area contributed by atoms with Crippen LogP contribution in [0.5, 0.6) is 0 Å². The van der Waals surface area contributed by atoms with Crippen LogP contribution in [0.15, 0.2) is 17.0 Å². The van der Waals surface area contributed by atoms with E-state index in [1.165, 1.54) is 37.6 Å². The second-order valence-corrected chi connectivity index (χ2v) is 10.7. The average Bonchev–Trinajstić information content (AvgIpc) is 3.27. The lowest BCUT2D eigenvalue weighted by Gasteiger charge is -2.20. The van der Waals surface area contributed by atoms with Gasteiger partial charge in [0.05, 0.1) is 21.4 Å². The quantitative estimate of drug-likeness (QED) is 0.575. The number of hydrogen-bond acceptors (Lipinski definition) is 7. The number of rotatable bonds is 4. The van der Waals surface area contributed by atoms with Crippen molar-refractivity contribution in [2.75, 3.05) is 25.1 Å². The van der Waals surface area contributed by atoms with E-state index in [1.54, 1.807) is 22.7 Å². The van der Waals surface area contributed by atoms with Crippen LogP contribution in [0.4, 0.5) is 5.00 Å². The molecular weight excluding hydrogens is 404 g/mol. The number of thiophene rings is 2. The molecule has 2 aromatic rings. The summed E-state index contributed by atoms with van der Waals surface area (Å²) in [6.07, 6.45) is 1.93. The summed E-state index contributed by atoms with van der Waals surface area (Å²) in [5, 5.41) is 13.0. The molecule has 1 fully saturated rings. The molecule has 0 bridgehead atoms. The van der Waals surface area contributed by atoms with Crippen molar-refractivity contribution in [3.63, 3.8) is 0 Å². The Hall–Kier alpha value is -1.19. The number of likely N-dealkylation sites (N-methyl/N-ethyl adjacent to an activating group) is 1. The minimum Gasteiger partial charge on any atom is -0.395 e. The zero-order chi connectivity index (χ0) is 18.6. The van der Waals surface area contributed by atoms with Gasteiger partial charge in [-0.2, -0.15) is 0 Å². The van der Waals surface area contributed by atoms with Crippen LogP contribution in [0.1, 0.15) is 29.9 Å². The Balaban J connectivity index is 1.74. The standard InChI is InChI=1S/C18H18N2O2S4/c1-18(2)10-6-9(7-12-16(22)19-17(23)25-12)24-14(10)15-11(18)8-13(26-15)20(3)4-5-21/h6-8,21H,4-5H2,1-3H3,(H,19,22,23)/b12-7-. The molecule has 4 rings (SSSR count). The minimum absolute atomic E-state index is 0.0624. The summed E-state index contributed by atoms with van der Waals surface area (Å²) < 4.78 is 0.516. The Morgan fingerprint density at radius 2 is 1.96 bits per heavy atom. The number of hydrogen-bond donors (Lipinski definition) is 2. The van der Waals surface area contributed by atoms with Gasteiger partial charge in [0.2, 0.25) is 0 Å². The fraction of sp³-hybridized carbons (Fsp3) is 0.333. The number of carbonyl (C=O) groups excluding carboxylic acids is 1. The number of thioether (sulfide) groups is 1. The summed E-state index contributed by atoms with van der Waals surface area (Å²) >= 11 is 9.88. The number of anilines is 1. The second-order valence-electron chi connectivity index (χ2n) is 6.84. The largest absolute Gasteiger partial charge is 0.395 e. The van der Waals surface area contributed by atoms with E-state index in [-0.39, 0.29) is 17.9 Å². The summed E-state index contributed by atoms with van der Waals surface area (Å²) in [6.45, 7) is 5.26. The van der Waals surface area contributed by atoms with E-state index < -0.39 is 0 Å². The summed E-state index contributed by atoms with van der Waals surface area (Å²) in [5.41, 5.74) is 2.60. The summed E-state index contributed by atoms with van der Waals surface area (Å²) in [6, 6.07) is 4.45. The predicted molar refractivity (Wildman–Crippen MR) is 116 cm³/mol. The molecule has 136 valence electrons.